The van der Waals surface area contributed by atoms with Crippen LogP contribution in [-0.2, 0) is 11.3 Å². The van der Waals surface area contributed by atoms with Crippen LogP contribution in [0.1, 0.15) is 11.8 Å². The van der Waals surface area contributed by atoms with Crippen molar-refractivity contribution >= 4 is 27.3 Å². The van der Waals surface area contributed by atoms with Gasteiger partial charge in [-0.1, -0.05) is 0 Å². The molecular formula is C12H19BrN2OS. The second-order valence-corrected chi connectivity index (χ2v) is 6.17. The average Bonchev–Trinajstić information content (AvgIpc) is 2.76. The van der Waals surface area contributed by atoms with Gasteiger partial charge in [-0.15, -0.1) is 11.3 Å². The number of hydrogen-bond acceptors (Lipinski definition) is 4. The maximum atomic E-state index is 5.36. The van der Waals surface area contributed by atoms with Crippen LogP contribution in [0.5, 0.6) is 0 Å². The highest BCUT2D eigenvalue weighted by Gasteiger charge is 2.16. The molecule has 5 heteroatoms. The van der Waals surface area contributed by atoms with E-state index < -0.39 is 0 Å². The Balaban J connectivity index is 1.69. The Morgan fingerprint density at radius 3 is 2.94 bits per heavy atom. The van der Waals surface area contributed by atoms with Crippen LogP contribution in [0.25, 0.3) is 0 Å². The monoisotopic (exact) mass is 318 g/mol. The van der Waals surface area contributed by atoms with Gasteiger partial charge in [0.1, 0.15) is 0 Å². The van der Waals surface area contributed by atoms with Crippen molar-refractivity contribution in [1.82, 2.24) is 10.2 Å². The van der Waals surface area contributed by atoms with E-state index in [1.807, 2.05) is 0 Å². The fourth-order valence-corrected chi connectivity index (χ4v) is 3.46. The normalized spacial score (nSPS) is 19.4. The Morgan fingerprint density at radius 2 is 2.29 bits per heavy atom. The van der Waals surface area contributed by atoms with Crippen molar-refractivity contribution in [3.8, 4) is 0 Å². The van der Waals surface area contributed by atoms with Gasteiger partial charge in [-0.05, 0) is 34.3 Å². The summed E-state index contributed by atoms with van der Waals surface area (Å²) in [5.41, 5.74) is 0. The van der Waals surface area contributed by atoms with E-state index in [4.69, 9.17) is 4.74 Å². The minimum absolute atomic E-state index is 0.581. The summed E-state index contributed by atoms with van der Waals surface area (Å²) in [6.07, 6.45) is 0. The average molecular weight is 319 g/mol. The van der Waals surface area contributed by atoms with Crippen molar-refractivity contribution < 1.29 is 4.74 Å². The Bertz CT molecular complexity index is 339. The zero-order valence-electron chi connectivity index (χ0n) is 10.1. The highest BCUT2D eigenvalue weighted by Crippen LogP contribution is 2.22. The molecule has 1 aliphatic rings. The summed E-state index contributed by atoms with van der Waals surface area (Å²) in [5.74, 6) is 0. The van der Waals surface area contributed by atoms with Gasteiger partial charge < -0.3 is 10.1 Å². The van der Waals surface area contributed by atoms with E-state index in [-0.39, 0.29) is 0 Å². The third-order valence-electron chi connectivity index (χ3n) is 3.09. The smallest absolute Gasteiger partial charge is 0.0594 e. The highest BCUT2D eigenvalue weighted by atomic mass is 79.9. The Morgan fingerprint density at radius 1 is 1.53 bits per heavy atom. The molecule has 1 saturated heterocycles. The topological polar surface area (TPSA) is 24.5 Å². The quantitative estimate of drug-likeness (QED) is 0.901. The van der Waals surface area contributed by atoms with Crippen molar-refractivity contribution in [2.24, 2.45) is 0 Å². The number of thiophene rings is 1. The van der Waals surface area contributed by atoms with Gasteiger partial charge in [-0.25, -0.2) is 0 Å². The predicted molar refractivity (Wildman–Crippen MR) is 75.6 cm³/mol. The number of halogens is 1. The summed E-state index contributed by atoms with van der Waals surface area (Å²) >= 11 is 5.35. The van der Waals surface area contributed by atoms with Crippen molar-refractivity contribution in [3.63, 3.8) is 0 Å². The first-order valence-corrected chi connectivity index (χ1v) is 7.69. The number of morpholine rings is 1. The van der Waals surface area contributed by atoms with Gasteiger partial charge in [0, 0.05) is 41.6 Å². The van der Waals surface area contributed by atoms with E-state index in [0.717, 1.165) is 39.4 Å². The highest BCUT2D eigenvalue weighted by molar-refractivity contribution is 9.10. The zero-order valence-corrected chi connectivity index (χ0v) is 12.5. The standard InChI is InChI=1S/C12H19BrN2OS/c1-10(15-3-5-16-6-4-15)8-14-9-12-11(13)2-7-17-12/h2,7,10,14H,3-6,8-9H2,1H3. The minimum Gasteiger partial charge on any atom is -0.379 e. The number of hydrogen-bond donors (Lipinski definition) is 1. The van der Waals surface area contributed by atoms with Crippen LogP contribution in [0.15, 0.2) is 15.9 Å². The molecule has 1 aromatic rings. The lowest BCUT2D eigenvalue weighted by atomic mass is 10.2. The molecule has 1 unspecified atom stereocenters. The lowest BCUT2D eigenvalue weighted by molar-refractivity contribution is 0.0203. The van der Waals surface area contributed by atoms with Crippen molar-refractivity contribution in [1.29, 1.82) is 0 Å². The van der Waals surface area contributed by atoms with Crippen LogP contribution in [0.2, 0.25) is 0 Å². The van der Waals surface area contributed by atoms with Crippen molar-refractivity contribution in [3.05, 3.63) is 20.8 Å². The third kappa shape index (κ3) is 4.03. The molecule has 17 heavy (non-hydrogen) atoms. The van der Waals surface area contributed by atoms with E-state index in [9.17, 15) is 0 Å². The van der Waals surface area contributed by atoms with E-state index >= 15 is 0 Å². The summed E-state index contributed by atoms with van der Waals surface area (Å²) in [6, 6.07) is 2.69. The molecule has 96 valence electrons. The maximum absolute atomic E-state index is 5.36. The molecule has 1 atom stereocenters. The number of nitrogens with one attached hydrogen (secondary N) is 1. The SMILES string of the molecule is CC(CNCc1sccc1Br)N1CCOCC1. The lowest BCUT2D eigenvalue weighted by Crippen LogP contribution is -2.46. The fourth-order valence-electron chi connectivity index (χ4n) is 1.99. The summed E-state index contributed by atoms with van der Waals surface area (Å²) in [6.45, 7) is 8.14. The number of nitrogens with zero attached hydrogens (tertiary/aromatic N) is 1. The van der Waals surface area contributed by atoms with E-state index in [1.165, 1.54) is 9.35 Å². The van der Waals surface area contributed by atoms with Crippen molar-refractivity contribution in [2.75, 3.05) is 32.8 Å². The summed E-state index contributed by atoms with van der Waals surface area (Å²) in [7, 11) is 0. The predicted octanol–water partition coefficient (Wildman–Crippen LogP) is 2.32. The van der Waals surface area contributed by atoms with Crippen LogP contribution in [0.3, 0.4) is 0 Å². The Kier molecular flexibility index (Phi) is 5.44. The largest absolute Gasteiger partial charge is 0.379 e. The molecular weight excluding hydrogens is 300 g/mol. The van der Waals surface area contributed by atoms with Crippen LogP contribution >= 0.6 is 27.3 Å². The molecule has 1 aromatic heterocycles. The molecule has 2 heterocycles. The van der Waals surface area contributed by atoms with Crippen LogP contribution in [0.4, 0.5) is 0 Å². The minimum atomic E-state index is 0.581. The summed E-state index contributed by atoms with van der Waals surface area (Å²) in [5, 5.41) is 5.64. The maximum Gasteiger partial charge on any atom is 0.0594 e. The van der Waals surface area contributed by atoms with Gasteiger partial charge in [0.2, 0.25) is 0 Å². The van der Waals surface area contributed by atoms with Gasteiger partial charge >= 0.3 is 0 Å². The molecule has 0 spiro atoms. The van der Waals surface area contributed by atoms with Crippen molar-refractivity contribution in [2.45, 2.75) is 19.5 Å². The van der Waals surface area contributed by atoms with Crippen LogP contribution in [-0.4, -0.2) is 43.8 Å². The van der Waals surface area contributed by atoms with Gasteiger partial charge in [0.05, 0.1) is 13.2 Å². The van der Waals surface area contributed by atoms with E-state index in [2.05, 4.69) is 44.5 Å². The fraction of sp³-hybridized carbons (Fsp3) is 0.667. The van der Waals surface area contributed by atoms with E-state index in [1.54, 1.807) is 11.3 Å². The Hall–Kier alpha value is 0.0600. The Labute approximate surface area is 115 Å². The second kappa shape index (κ2) is 6.85. The first-order valence-electron chi connectivity index (χ1n) is 6.02. The van der Waals surface area contributed by atoms with E-state index in [0.29, 0.717) is 6.04 Å². The van der Waals surface area contributed by atoms with Gasteiger partial charge in [-0.3, -0.25) is 4.90 Å². The first-order chi connectivity index (χ1) is 8.27. The van der Waals surface area contributed by atoms with Gasteiger partial charge in [0.15, 0.2) is 0 Å². The van der Waals surface area contributed by atoms with Crippen LogP contribution in [0, 0.1) is 0 Å². The molecule has 0 radical (unpaired) electrons. The molecule has 0 amide bonds. The molecule has 3 nitrogen and oxygen atoms in total. The molecule has 1 N–H and O–H groups in total. The number of ether oxygens (including phenoxy) is 1. The zero-order chi connectivity index (χ0) is 12.1. The summed E-state index contributed by atoms with van der Waals surface area (Å²) < 4.78 is 6.58. The van der Waals surface area contributed by atoms with Gasteiger partial charge in [-0.2, -0.15) is 0 Å². The third-order valence-corrected chi connectivity index (χ3v) is 5.01. The first kappa shape index (κ1) is 13.5. The lowest BCUT2D eigenvalue weighted by Gasteiger charge is -2.32. The molecule has 1 aliphatic heterocycles. The second-order valence-electron chi connectivity index (χ2n) is 4.32. The van der Waals surface area contributed by atoms with Gasteiger partial charge in [0.25, 0.3) is 0 Å². The number of rotatable bonds is 5. The molecule has 0 bridgehead atoms. The van der Waals surface area contributed by atoms with Crippen LogP contribution < -0.4 is 5.32 Å². The summed E-state index contributed by atoms with van der Waals surface area (Å²) in [4.78, 5) is 3.86. The molecule has 1 fully saturated rings. The molecule has 0 aromatic carbocycles. The molecule has 2 rings (SSSR count). The molecule has 0 saturated carbocycles. The molecule has 0 aliphatic carbocycles.